The number of carbonyl (C=O) groups is 9. The topological polar surface area (TPSA) is 340 Å². The van der Waals surface area contributed by atoms with Gasteiger partial charge < -0.3 is 76.1 Å². The number of carbonyl (C=O) groups excluding carboxylic acids is 6. The number of amides is 6. The maximum atomic E-state index is 14.5. The van der Waals surface area contributed by atoms with E-state index in [2.05, 4.69) is 0 Å². The lowest BCUT2D eigenvalue weighted by atomic mass is 10.2. The highest BCUT2D eigenvalue weighted by Gasteiger charge is 2.40. The fraction of sp³-hybridized carbons (Fsp3) is 0.526. The molecule has 1 heterocycles. The van der Waals surface area contributed by atoms with Gasteiger partial charge in [0.1, 0.15) is 0 Å². The van der Waals surface area contributed by atoms with Crippen LogP contribution in [0.15, 0.2) is 91.0 Å². The van der Waals surface area contributed by atoms with Gasteiger partial charge in [0.25, 0.3) is 0 Å². The summed E-state index contributed by atoms with van der Waals surface area (Å²) < 4.78 is 113. The number of nitrogens with two attached hydrogens (primary N) is 3. The molecule has 0 atom stereocenters. The molecule has 504 valence electrons. The van der Waals surface area contributed by atoms with Gasteiger partial charge in [-0.05, 0) is 74.8 Å². The number of hydrogen-bond acceptors (Lipinski definition) is 15. The van der Waals surface area contributed by atoms with E-state index in [1.54, 1.807) is 0 Å². The Balaban J connectivity index is 0.00000164. The predicted octanol–water partition coefficient (Wildman–Crippen LogP) is 3.74. The van der Waals surface area contributed by atoms with Crippen LogP contribution in [0, 0.1) is 0 Å². The Morgan fingerprint density at radius 1 is 0.344 bits per heavy atom. The quantitative estimate of drug-likeness (QED) is 0.0468. The van der Waals surface area contributed by atoms with Gasteiger partial charge in [0.2, 0.25) is 35.4 Å². The standard InChI is InChI=1S/C51H75N9O9.3C2HF3O2/c52-22-10-13-25-55-34-49(64)58(28-31-67-40-43-16-4-1-5-17-43)37-46(61)56(26-14-11-23-53)35-50(65)60(30-33-69-42-45-20-8-3-9-21-45)39-48(63)57(27-15-12-24-54)36-51(66)59(38-47(55)62)29-32-68-41-44-18-6-2-7-19-44;3*3-2(4,5)1(6)7/h1-9,16-21H,10-15,22-42,52-54H2;3*(H,6,7). The highest BCUT2D eigenvalue weighted by molar-refractivity contribution is 5.94. The van der Waals surface area contributed by atoms with E-state index >= 15 is 0 Å². The molecule has 4 rings (SSSR count). The zero-order chi connectivity index (χ0) is 67.7. The number of nitrogens with zero attached hydrogens (tertiary/aromatic N) is 6. The molecule has 3 aromatic rings. The van der Waals surface area contributed by atoms with Crippen LogP contribution in [0.4, 0.5) is 39.5 Å². The number of alkyl halides is 9. The normalized spacial score (nSPS) is 14.4. The van der Waals surface area contributed by atoms with Gasteiger partial charge in [-0.25, -0.2) is 14.4 Å². The molecule has 1 fully saturated rings. The first kappa shape index (κ1) is 80.0. The fourth-order valence-electron chi connectivity index (χ4n) is 7.49. The summed E-state index contributed by atoms with van der Waals surface area (Å²) in [5.74, 6) is -11.3. The lowest BCUT2D eigenvalue weighted by Crippen LogP contribution is -2.54. The van der Waals surface area contributed by atoms with Crippen molar-refractivity contribution in [1.82, 2.24) is 29.4 Å². The minimum Gasteiger partial charge on any atom is -0.475 e. The Hall–Kier alpha value is -7.98. The molecule has 24 nitrogen and oxygen atoms in total. The third-order valence-corrected chi connectivity index (χ3v) is 12.3. The SMILES string of the molecule is NCCCCN1CC(=O)N(CCOCc2ccccc2)CC(=O)N(CCCCN)CC(=O)N(CCOCc2ccccc2)CC(=O)N(CCCCN)CC(=O)N(CCOCc2ccccc2)CC1=O.O=C(O)C(F)(F)F.O=C(O)C(F)(F)F.O=C(O)C(F)(F)F. The maximum absolute atomic E-state index is 14.5. The highest BCUT2D eigenvalue weighted by atomic mass is 19.4. The summed E-state index contributed by atoms with van der Waals surface area (Å²) in [6.07, 6.45) is -12.1. The molecule has 0 radical (unpaired) electrons. The molecule has 0 saturated carbocycles. The molecule has 3 aromatic carbocycles. The summed E-state index contributed by atoms with van der Waals surface area (Å²) in [5.41, 5.74) is 20.3. The largest absolute Gasteiger partial charge is 0.490 e. The van der Waals surface area contributed by atoms with Crippen molar-refractivity contribution in [2.24, 2.45) is 17.2 Å². The molecular weight excluding hydrogens is 1220 g/mol. The van der Waals surface area contributed by atoms with Crippen molar-refractivity contribution in [3.8, 4) is 0 Å². The van der Waals surface area contributed by atoms with Crippen LogP contribution in [0.3, 0.4) is 0 Å². The summed E-state index contributed by atoms with van der Waals surface area (Å²) >= 11 is 0. The zero-order valence-corrected chi connectivity index (χ0v) is 49.3. The third-order valence-electron chi connectivity index (χ3n) is 12.3. The first-order valence-electron chi connectivity index (χ1n) is 28.0. The van der Waals surface area contributed by atoms with Gasteiger partial charge in [-0.2, -0.15) is 39.5 Å². The monoisotopic (exact) mass is 1300 g/mol. The van der Waals surface area contributed by atoms with Crippen LogP contribution in [0.5, 0.6) is 0 Å². The van der Waals surface area contributed by atoms with E-state index in [1.807, 2.05) is 91.0 Å². The fourth-order valence-corrected chi connectivity index (χ4v) is 7.49. The molecule has 1 saturated heterocycles. The van der Waals surface area contributed by atoms with Crippen LogP contribution in [0.2, 0.25) is 0 Å². The van der Waals surface area contributed by atoms with Gasteiger partial charge in [0, 0.05) is 39.3 Å². The number of rotatable bonds is 27. The number of carboxylic acids is 3. The van der Waals surface area contributed by atoms with E-state index in [0.29, 0.717) is 58.2 Å². The van der Waals surface area contributed by atoms with Gasteiger partial charge in [-0.15, -0.1) is 0 Å². The molecule has 33 heteroatoms. The van der Waals surface area contributed by atoms with Crippen LogP contribution in [0.25, 0.3) is 0 Å². The van der Waals surface area contributed by atoms with Gasteiger partial charge in [-0.3, -0.25) is 28.8 Å². The van der Waals surface area contributed by atoms with Crippen LogP contribution < -0.4 is 17.2 Å². The number of aliphatic carboxylic acids is 3. The first-order valence-corrected chi connectivity index (χ1v) is 28.0. The number of hydrogen-bond donors (Lipinski definition) is 6. The second-order valence-electron chi connectivity index (χ2n) is 19.4. The average molecular weight is 1300 g/mol. The van der Waals surface area contributed by atoms with Crippen molar-refractivity contribution in [1.29, 1.82) is 0 Å². The van der Waals surface area contributed by atoms with Crippen LogP contribution >= 0.6 is 0 Å². The molecule has 0 bridgehead atoms. The molecule has 1 aliphatic heterocycles. The van der Waals surface area contributed by atoms with Crippen molar-refractivity contribution in [3.05, 3.63) is 108 Å². The number of unbranched alkanes of at least 4 members (excludes halogenated alkanes) is 3. The smallest absolute Gasteiger partial charge is 0.475 e. The molecule has 1 aliphatic rings. The average Bonchev–Trinajstić information content (AvgIpc) is 2.57. The maximum Gasteiger partial charge on any atom is 0.490 e. The summed E-state index contributed by atoms with van der Waals surface area (Å²) in [4.78, 5) is 122. The van der Waals surface area contributed by atoms with Crippen molar-refractivity contribution in [2.45, 2.75) is 76.9 Å². The zero-order valence-electron chi connectivity index (χ0n) is 49.3. The Bertz CT molecular complexity index is 2340. The van der Waals surface area contributed by atoms with Crippen LogP contribution in [-0.2, 0) is 77.2 Å². The summed E-state index contributed by atoms with van der Waals surface area (Å²) in [6.45, 7) is 0.234. The van der Waals surface area contributed by atoms with E-state index in [-0.39, 0.29) is 78.9 Å². The van der Waals surface area contributed by atoms with E-state index in [9.17, 15) is 68.3 Å². The molecule has 0 unspecified atom stereocenters. The molecule has 0 aliphatic carbocycles. The Kier molecular flexibility index (Phi) is 38.8. The van der Waals surface area contributed by atoms with Crippen molar-refractivity contribution in [2.75, 3.05) is 118 Å². The first-order chi connectivity index (χ1) is 42.4. The van der Waals surface area contributed by atoms with Gasteiger partial charge in [0.05, 0.1) is 78.9 Å². The summed E-state index contributed by atoms with van der Waals surface area (Å²) in [5, 5.41) is 21.4. The minimum absolute atomic E-state index is 0.00948. The van der Waals surface area contributed by atoms with Crippen molar-refractivity contribution in [3.63, 3.8) is 0 Å². The second kappa shape index (κ2) is 43.6. The second-order valence-corrected chi connectivity index (χ2v) is 19.4. The van der Waals surface area contributed by atoms with Gasteiger partial charge in [-0.1, -0.05) is 91.0 Å². The lowest BCUT2D eigenvalue weighted by Gasteiger charge is -2.33. The van der Waals surface area contributed by atoms with Gasteiger partial charge >= 0.3 is 36.4 Å². The van der Waals surface area contributed by atoms with Crippen LogP contribution in [0.1, 0.15) is 55.2 Å². The molecule has 90 heavy (non-hydrogen) atoms. The van der Waals surface area contributed by atoms with E-state index in [4.69, 9.17) is 61.1 Å². The third kappa shape index (κ3) is 35.9. The predicted molar refractivity (Wildman–Crippen MR) is 304 cm³/mol. The number of ether oxygens (including phenoxy) is 3. The van der Waals surface area contributed by atoms with Crippen molar-refractivity contribution < 1.29 is 112 Å². The van der Waals surface area contributed by atoms with E-state index < -0.39 is 111 Å². The van der Waals surface area contributed by atoms with E-state index in [0.717, 1.165) is 16.7 Å². The Labute approximate surface area is 513 Å². The summed E-state index contributed by atoms with van der Waals surface area (Å²) in [6, 6.07) is 28.6. The molecule has 0 spiro atoms. The van der Waals surface area contributed by atoms with Gasteiger partial charge in [0.15, 0.2) is 0 Å². The lowest BCUT2D eigenvalue weighted by molar-refractivity contribution is -0.193. The Morgan fingerprint density at radius 2 is 0.522 bits per heavy atom. The Morgan fingerprint density at radius 3 is 0.689 bits per heavy atom. The van der Waals surface area contributed by atoms with E-state index in [1.165, 1.54) is 29.4 Å². The molecular formula is C57H78F9N9O15. The summed E-state index contributed by atoms with van der Waals surface area (Å²) in [7, 11) is 0. The number of halogens is 9. The molecule has 6 amide bonds. The molecule has 9 N–H and O–H groups in total. The highest BCUT2D eigenvalue weighted by Crippen LogP contribution is 2.16. The number of benzene rings is 3. The van der Waals surface area contributed by atoms with Crippen LogP contribution in [-0.4, -0.2) is 235 Å². The minimum atomic E-state index is -5.08. The van der Waals surface area contributed by atoms with Crippen molar-refractivity contribution >= 4 is 53.4 Å². The number of carboxylic acid groups (broad SMARTS) is 3. The molecule has 0 aromatic heterocycles.